The van der Waals surface area contributed by atoms with Gasteiger partial charge in [0.25, 0.3) is 0 Å². The normalized spacial score (nSPS) is 12.4. The van der Waals surface area contributed by atoms with Crippen molar-refractivity contribution >= 4 is 39.4 Å². The minimum absolute atomic E-state index is 0.0900. The Kier molecular flexibility index (Phi) is 7.33. The summed E-state index contributed by atoms with van der Waals surface area (Å²) >= 11 is 1.54. The van der Waals surface area contributed by atoms with Gasteiger partial charge in [-0.2, -0.15) is 11.8 Å². The Bertz CT molecular complexity index is 646. The number of thioether (sulfide) groups is 1. The number of anilines is 1. The number of nitrogens with two attached hydrogens (primary N) is 1. The fraction of sp³-hybridized carbons (Fsp3) is 0.385. The van der Waals surface area contributed by atoms with Crippen LogP contribution in [0.5, 0.6) is 0 Å². The molecule has 0 saturated carbocycles. The van der Waals surface area contributed by atoms with Gasteiger partial charge < -0.3 is 16.4 Å². The van der Waals surface area contributed by atoms with Gasteiger partial charge in [-0.1, -0.05) is 0 Å². The summed E-state index contributed by atoms with van der Waals surface area (Å²) in [6, 6.07) is 4.16. The molecule has 1 atom stereocenters. The van der Waals surface area contributed by atoms with Crippen LogP contribution in [0, 0.1) is 0 Å². The minimum atomic E-state index is -3.53. The van der Waals surface area contributed by atoms with Crippen molar-refractivity contribution in [3.8, 4) is 0 Å². The summed E-state index contributed by atoms with van der Waals surface area (Å²) in [4.78, 5) is 23.2. The van der Waals surface area contributed by atoms with Crippen LogP contribution in [0.25, 0.3) is 0 Å². The van der Waals surface area contributed by atoms with Crippen LogP contribution in [-0.2, 0) is 14.8 Å². The fourth-order valence-electron chi connectivity index (χ4n) is 1.74. The standard InChI is InChI=1S/C13H20N4O4S2/c1-15-23(20,21)10-5-3-9(4-6-10)16-12(18)11(7-8-22-2)17-13(14)19/h3-6,11,15H,7-8H2,1-2H3,(H,16,18)(H3,14,17,19)/t11-/m0/s1. The zero-order valence-corrected chi connectivity index (χ0v) is 14.5. The van der Waals surface area contributed by atoms with E-state index in [4.69, 9.17) is 5.73 Å². The van der Waals surface area contributed by atoms with Crippen LogP contribution in [0.15, 0.2) is 29.2 Å². The van der Waals surface area contributed by atoms with Gasteiger partial charge in [0, 0.05) is 5.69 Å². The summed E-state index contributed by atoms with van der Waals surface area (Å²) in [7, 11) is -2.21. The average Bonchev–Trinajstić information content (AvgIpc) is 2.51. The highest BCUT2D eigenvalue weighted by Crippen LogP contribution is 2.14. The monoisotopic (exact) mass is 360 g/mol. The molecule has 0 aliphatic rings. The topological polar surface area (TPSA) is 130 Å². The highest BCUT2D eigenvalue weighted by Gasteiger charge is 2.19. The van der Waals surface area contributed by atoms with Crippen molar-refractivity contribution in [2.75, 3.05) is 24.4 Å². The first-order valence-corrected chi connectivity index (χ1v) is 9.57. The van der Waals surface area contributed by atoms with Crippen LogP contribution in [0.1, 0.15) is 6.42 Å². The van der Waals surface area contributed by atoms with Crippen molar-refractivity contribution in [1.29, 1.82) is 0 Å². The third kappa shape index (κ3) is 6.08. The van der Waals surface area contributed by atoms with E-state index >= 15 is 0 Å². The summed E-state index contributed by atoms with van der Waals surface area (Å²) in [5, 5.41) is 5.01. The Morgan fingerprint density at radius 1 is 1.26 bits per heavy atom. The van der Waals surface area contributed by atoms with Gasteiger partial charge in [0.2, 0.25) is 15.9 Å². The molecule has 0 aliphatic carbocycles. The van der Waals surface area contributed by atoms with Crippen LogP contribution in [-0.4, -0.2) is 45.5 Å². The van der Waals surface area contributed by atoms with Crippen LogP contribution < -0.4 is 21.1 Å². The van der Waals surface area contributed by atoms with Gasteiger partial charge in [-0.05, 0) is 49.7 Å². The van der Waals surface area contributed by atoms with E-state index in [1.165, 1.54) is 31.3 Å². The number of primary amides is 1. The molecule has 0 aliphatic heterocycles. The SMILES string of the molecule is CNS(=O)(=O)c1ccc(NC(=O)[C@H](CCSC)NC(N)=O)cc1. The number of amides is 3. The van der Waals surface area contributed by atoms with E-state index in [0.29, 0.717) is 17.9 Å². The number of urea groups is 1. The maximum absolute atomic E-state index is 12.2. The van der Waals surface area contributed by atoms with Crippen molar-refractivity contribution in [3.63, 3.8) is 0 Å². The summed E-state index contributed by atoms with van der Waals surface area (Å²) in [6.45, 7) is 0. The van der Waals surface area contributed by atoms with E-state index in [2.05, 4.69) is 15.4 Å². The zero-order chi connectivity index (χ0) is 17.5. The molecule has 1 aromatic rings. The first kappa shape index (κ1) is 19.3. The molecule has 0 bridgehead atoms. The molecule has 1 aromatic carbocycles. The summed E-state index contributed by atoms with van der Waals surface area (Å²) in [6.07, 6.45) is 2.32. The second-order valence-corrected chi connectivity index (χ2v) is 7.44. The molecule has 0 fully saturated rings. The Labute approximate surface area is 139 Å². The first-order chi connectivity index (χ1) is 10.8. The van der Waals surface area contributed by atoms with E-state index in [1.54, 1.807) is 11.8 Å². The number of hydrogen-bond acceptors (Lipinski definition) is 5. The smallest absolute Gasteiger partial charge is 0.312 e. The van der Waals surface area contributed by atoms with E-state index in [9.17, 15) is 18.0 Å². The summed E-state index contributed by atoms with van der Waals surface area (Å²) in [5.41, 5.74) is 5.49. The molecule has 5 N–H and O–H groups in total. The second-order valence-electron chi connectivity index (χ2n) is 4.56. The number of rotatable bonds is 8. The minimum Gasteiger partial charge on any atom is -0.352 e. The van der Waals surface area contributed by atoms with Crippen molar-refractivity contribution in [1.82, 2.24) is 10.0 Å². The highest BCUT2D eigenvalue weighted by molar-refractivity contribution is 7.98. The maximum atomic E-state index is 12.2. The number of sulfonamides is 1. The van der Waals surface area contributed by atoms with Gasteiger partial charge in [-0.15, -0.1) is 0 Å². The lowest BCUT2D eigenvalue weighted by Gasteiger charge is -2.17. The number of carbonyl (C=O) groups is 2. The molecule has 0 saturated heterocycles. The molecule has 128 valence electrons. The quantitative estimate of drug-likeness (QED) is 0.530. The molecule has 0 heterocycles. The lowest BCUT2D eigenvalue weighted by atomic mass is 10.2. The number of nitrogens with one attached hydrogen (secondary N) is 3. The summed E-state index contributed by atoms with van der Waals surface area (Å²) < 4.78 is 25.4. The molecule has 3 amide bonds. The molecule has 1 rings (SSSR count). The molecule has 23 heavy (non-hydrogen) atoms. The molecular formula is C13H20N4O4S2. The highest BCUT2D eigenvalue weighted by atomic mass is 32.2. The third-order valence-electron chi connectivity index (χ3n) is 2.94. The Hall–Kier alpha value is -1.78. The number of carbonyl (C=O) groups excluding carboxylic acids is 2. The Balaban J connectivity index is 2.80. The molecule has 0 unspecified atom stereocenters. The molecule has 0 spiro atoms. The lowest BCUT2D eigenvalue weighted by Crippen LogP contribution is -2.46. The average molecular weight is 360 g/mol. The van der Waals surface area contributed by atoms with Gasteiger partial charge in [0.1, 0.15) is 6.04 Å². The zero-order valence-electron chi connectivity index (χ0n) is 12.8. The largest absolute Gasteiger partial charge is 0.352 e. The second kappa shape index (κ2) is 8.75. The van der Waals surface area contributed by atoms with Crippen molar-refractivity contribution in [2.24, 2.45) is 5.73 Å². The Morgan fingerprint density at radius 2 is 1.87 bits per heavy atom. The van der Waals surface area contributed by atoms with Crippen LogP contribution in [0.4, 0.5) is 10.5 Å². The predicted molar refractivity (Wildman–Crippen MR) is 90.8 cm³/mol. The molecule has 0 aromatic heterocycles. The third-order valence-corrected chi connectivity index (χ3v) is 5.02. The lowest BCUT2D eigenvalue weighted by molar-refractivity contribution is -0.117. The van der Waals surface area contributed by atoms with Gasteiger partial charge in [0.05, 0.1) is 4.90 Å². The van der Waals surface area contributed by atoms with Gasteiger partial charge >= 0.3 is 6.03 Å². The van der Waals surface area contributed by atoms with Gasteiger partial charge in [-0.3, -0.25) is 4.79 Å². The molecule has 8 nitrogen and oxygen atoms in total. The molecule has 0 radical (unpaired) electrons. The van der Waals surface area contributed by atoms with Crippen molar-refractivity contribution in [2.45, 2.75) is 17.4 Å². The van der Waals surface area contributed by atoms with Crippen molar-refractivity contribution in [3.05, 3.63) is 24.3 Å². The van der Waals surface area contributed by atoms with E-state index in [-0.39, 0.29) is 4.90 Å². The van der Waals surface area contributed by atoms with Crippen LogP contribution >= 0.6 is 11.8 Å². The number of hydrogen-bond donors (Lipinski definition) is 4. The van der Waals surface area contributed by atoms with Gasteiger partial charge in [0.15, 0.2) is 0 Å². The Morgan fingerprint density at radius 3 is 2.35 bits per heavy atom. The first-order valence-electron chi connectivity index (χ1n) is 6.69. The van der Waals surface area contributed by atoms with Gasteiger partial charge in [-0.25, -0.2) is 17.9 Å². The van der Waals surface area contributed by atoms with E-state index < -0.39 is 28.0 Å². The molecular weight excluding hydrogens is 340 g/mol. The fourth-order valence-corrected chi connectivity index (χ4v) is 2.94. The maximum Gasteiger partial charge on any atom is 0.312 e. The van der Waals surface area contributed by atoms with Crippen molar-refractivity contribution < 1.29 is 18.0 Å². The van der Waals surface area contributed by atoms with Crippen LogP contribution in [0.2, 0.25) is 0 Å². The van der Waals surface area contributed by atoms with E-state index in [1.807, 2.05) is 6.26 Å². The number of benzene rings is 1. The predicted octanol–water partition coefficient (Wildman–Crippen LogP) is 0.323. The van der Waals surface area contributed by atoms with E-state index in [0.717, 1.165) is 0 Å². The molecule has 10 heteroatoms. The van der Waals surface area contributed by atoms with Crippen LogP contribution in [0.3, 0.4) is 0 Å². The summed E-state index contributed by atoms with van der Waals surface area (Å²) in [5.74, 6) is 0.264.